The summed E-state index contributed by atoms with van der Waals surface area (Å²) < 4.78 is 11.3. The van der Waals surface area contributed by atoms with Gasteiger partial charge in [-0.15, -0.1) is 0 Å². The summed E-state index contributed by atoms with van der Waals surface area (Å²) in [7, 11) is 3.82. The predicted octanol–water partition coefficient (Wildman–Crippen LogP) is 4.97. The highest BCUT2D eigenvalue weighted by Crippen LogP contribution is 2.39. The summed E-state index contributed by atoms with van der Waals surface area (Å²) in [4.78, 5) is 20.0. The number of ether oxygens (including phenoxy) is 2. The van der Waals surface area contributed by atoms with Crippen molar-refractivity contribution in [3.8, 4) is 5.75 Å². The number of fused-ring (bicyclic) bond motifs is 1. The number of methoxy groups -OCH3 is 1. The maximum absolute atomic E-state index is 13.1. The Bertz CT molecular complexity index is 1030. The number of amides is 1. The van der Waals surface area contributed by atoms with Crippen molar-refractivity contribution in [1.82, 2.24) is 14.7 Å². The van der Waals surface area contributed by atoms with E-state index in [2.05, 4.69) is 42.8 Å². The van der Waals surface area contributed by atoms with Crippen LogP contribution in [0.25, 0.3) is 0 Å². The van der Waals surface area contributed by atoms with Crippen LogP contribution in [0.5, 0.6) is 5.75 Å². The van der Waals surface area contributed by atoms with Crippen LogP contribution in [0.2, 0.25) is 5.02 Å². The monoisotopic (exact) mass is 513 g/mol. The zero-order chi connectivity index (χ0) is 25.7. The lowest BCUT2D eigenvalue weighted by Crippen LogP contribution is -2.57. The van der Waals surface area contributed by atoms with Crippen LogP contribution in [0.3, 0.4) is 0 Å². The molecule has 0 saturated carbocycles. The lowest BCUT2D eigenvalue weighted by atomic mass is 9.86. The summed E-state index contributed by atoms with van der Waals surface area (Å²) in [5, 5.41) is 0.656. The number of halogens is 1. The number of piperidine rings is 1. The number of carbonyl (C=O) groups excluding carboxylic acids is 1. The number of carbonyl (C=O) groups is 1. The van der Waals surface area contributed by atoms with Gasteiger partial charge in [0.25, 0.3) is 5.91 Å². The van der Waals surface area contributed by atoms with Gasteiger partial charge in [-0.1, -0.05) is 17.7 Å². The molecular weight excluding hydrogens is 474 g/mol. The highest BCUT2D eigenvalue weighted by molar-refractivity contribution is 6.30. The number of benzene rings is 2. The normalized spacial score (nSPS) is 20.4. The molecule has 0 spiro atoms. The molecule has 7 heteroatoms. The molecule has 2 fully saturated rings. The van der Waals surface area contributed by atoms with Crippen LogP contribution in [0.15, 0.2) is 36.4 Å². The van der Waals surface area contributed by atoms with Crippen molar-refractivity contribution in [3.05, 3.63) is 63.7 Å². The van der Waals surface area contributed by atoms with Gasteiger partial charge in [-0.05, 0) is 87.2 Å². The van der Waals surface area contributed by atoms with Crippen molar-refractivity contribution in [1.29, 1.82) is 0 Å². The fourth-order valence-electron chi connectivity index (χ4n) is 5.55. The molecule has 0 aromatic heterocycles. The van der Waals surface area contributed by atoms with Gasteiger partial charge in [-0.3, -0.25) is 9.69 Å². The molecule has 36 heavy (non-hydrogen) atoms. The maximum Gasteiger partial charge on any atom is 0.253 e. The van der Waals surface area contributed by atoms with E-state index in [4.69, 9.17) is 21.1 Å². The van der Waals surface area contributed by atoms with Gasteiger partial charge in [0.1, 0.15) is 12.4 Å². The van der Waals surface area contributed by atoms with Gasteiger partial charge < -0.3 is 19.3 Å². The predicted molar refractivity (Wildman–Crippen MR) is 145 cm³/mol. The Kier molecular flexibility index (Phi) is 9.29. The van der Waals surface area contributed by atoms with E-state index in [0.717, 1.165) is 57.9 Å². The Morgan fingerprint density at radius 2 is 1.78 bits per heavy atom. The quantitative estimate of drug-likeness (QED) is 0.474. The molecule has 1 unspecified atom stereocenters. The molecule has 6 nitrogen and oxygen atoms in total. The van der Waals surface area contributed by atoms with Crippen molar-refractivity contribution in [2.75, 3.05) is 60.1 Å². The Balaban J connectivity index is 1.40. The van der Waals surface area contributed by atoms with Crippen LogP contribution in [-0.2, 0) is 4.74 Å². The smallest absolute Gasteiger partial charge is 0.253 e. The van der Waals surface area contributed by atoms with Crippen LogP contribution in [0, 0.1) is 13.8 Å². The second-order valence-electron chi connectivity index (χ2n) is 10.1. The third kappa shape index (κ3) is 6.23. The largest absolute Gasteiger partial charge is 0.492 e. The first kappa shape index (κ1) is 26.9. The van der Waals surface area contributed by atoms with E-state index >= 15 is 0 Å². The molecule has 0 aliphatic carbocycles. The van der Waals surface area contributed by atoms with Crippen LogP contribution in [-0.4, -0.2) is 86.7 Å². The lowest BCUT2D eigenvalue weighted by Gasteiger charge is -2.48. The van der Waals surface area contributed by atoms with Crippen LogP contribution < -0.4 is 4.74 Å². The first-order chi connectivity index (χ1) is 17.4. The Labute approximate surface area is 221 Å². The van der Waals surface area contributed by atoms with Gasteiger partial charge in [-0.25, -0.2) is 0 Å². The van der Waals surface area contributed by atoms with Crippen LogP contribution >= 0.6 is 11.6 Å². The molecule has 0 N–H and O–H groups in total. The number of likely N-dealkylation sites (N-methyl/N-ethyl adjacent to an activating group) is 1. The molecule has 2 aliphatic rings. The topological polar surface area (TPSA) is 45.3 Å². The Hall–Kier alpha value is -2.12. The highest BCUT2D eigenvalue weighted by Gasteiger charge is 2.37. The fraction of sp³-hybridized carbons (Fsp3) is 0.552. The minimum Gasteiger partial charge on any atom is -0.492 e. The molecule has 4 rings (SSSR count). The molecule has 2 aromatic rings. The molecule has 0 radical (unpaired) electrons. The molecular formula is C29H40ClN3O3. The van der Waals surface area contributed by atoms with E-state index in [1.165, 1.54) is 23.1 Å². The van der Waals surface area contributed by atoms with Crippen molar-refractivity contribution in [2.24, 2.45) is 0 Å². The highest BCUT2D eigenvalue weighted by atomic mass is 35.5. The van der Waals surface area contributed by atoms with Crippen molar-refractivity contribution in [3.63, 3.8) is 0 Å². The van der Waals surface area contributed by atoms with Crippen LogP contribution in [0.4, 0.5) is 0 Å². The summed E-state index contributed by atoms with van der Waals surface area (Å²) in [6.07, 6.45) is 3.47. The Morgan fingerprint density at radius 3 is 2.53 bits per heavy atom. The lowest BCUT2D eigenvalue weighted by molar-refractivity contribution is 0.0101. The van der Waals surface area contributed by atoms with Gasteiger partial charge in [0, 0.05) is 62.5 Å². The molecule has 2 saturated heterocycles. The molecule has 2 heterocycles. The SMILES string of the molecule is COCCN(C)CCOc1ccc(C2CCC[C@H]3CN(C(=O)c4ccc(Cl)cc4)CCN23)c(C)c1C. The number of nitrogens with zero attached hydrogens (tertiary/aromatic N) is 3. The van der Waals surface area contributed by atoms with E-state index in [-0.39, 0.29) is 5.91 Å². The van der Waals surface area contributed by atoms with E-state index in [1.54, 1.807) is 19.2 Å². The number of hydrogen-bond acceptors (Lipinski definition) is 5. The summed E-state index contributed by atoms with van der Waals surface area (Å²) in [6.45, 7) is 10.0. The van der Waals surface area contributed by atoms with Crippen molar-refractivity contribution in [2.45, 2.75) is 45.2 Å². The van der Waals surface area contributed by atoms with Gasteiger partial charge >= 0.3 is 0 Å². The summed E-state index contributed by atoms with van der Waals surface area (Å²) in [6, 6.07) is 12.4. The average molecular weight is 514 g/mol. The van der Waals surface area contributed by atoms with Gasteiger partial charge in [0.2, 0.25) is 0 Å². The average Bonchev–Trinajstić information content (AvgIpc) is 2.89. The zero-order valence-corrected chi connectivity index (χ0v) is 22.9. The van der Waals surface area contributed by atoms with Crippen LogP contribution in [0.1, 0.15) is 52.4 Å². The molecule has 2 aliphatic heterocycles. The summed E-state index contributed by atoms with van der Waals surface area (Å²) >= 11 is 6.01. The molecule has 196 valence electrons. The molecule has 2 atom stereocenters. The maximum atomic E-state index is 13.1. The summed E-state index contributed by atoms with van der Waals surface area (Å²) in [5.74, 6) is 1.08. The molecule has 2 aromatic carbocycles. The van der Waals surface area contributed by atoms with Gasteiger partial charge in [0.05, 0.1) is 6.61 Å². The number of rotatable bonds is 9. The van der Waals surface area contributed by atoms with E-state index in [9.17, 15) is 4.79 Å². The number of piperazine rings is 1. The second kappa shape index (κ2) is 12.4. The van der Waals surface area contributed by atoms with Crippen molar-refractivity contribution >= 4 is 17.5 Å². The fourth-order valence-corrected chi connectivity index (χ4v) is 5.67. The zero-order valence-electron chi connectivity index (χ0n) is 22.1. The second-order valence-corrected chi connectivity index (χ2v) is 10.6. The first-order valence-electron chi connectivity index (χ1n) is 13.1. The minimum absolute atomic E-state index is 0.106. The molecule has 0 bridgehead atoms. The standard InChI is InChI=1S/C29H40ClN3O3/c1-21-22(2)28(36-19-17-31(3)16-18-35-4)13-12-26(21)27-7-5-6-25-20-32(14-15-33(25)27)29(34)23-8-10-24(30)11-9-23/h8-13,25,27H,5-7,14-20H2,1-4H3/t25-,27?/m0/s1. The summed E-state index contributed by atoms with van der Waals surface area (Å²) in [5.41, 5.74) is 4.67. The van der Waals surface area contributed by atoms with E-state index < -0.39 is 0 Å². The van der Waals surface area contributed by atoms with E-state index in [0.29, 0.717) is 29.3 Å². The Morgan fingerprint density at radius 1 is 1.03 bits per heavy atom. The van der Waals surface area contributed by atoms with Crippen molar-refractivity contribution < 1.29 is 14.3 Å². The van der Waals surface area contributed by atoms with Gasteiger partial charge in [0.15, 0.2) is 0 Å². The number of hydrogen-bond donors (Lipinski definition) is 0. The third-order valence-corrected chi connectivity index (χ3v) is 8.12. The first-order valence-corrected chi connectivity index (χ1v) is 13.5. The third-order valence-electron chi connectivity index (χ3n) is 7.87. The van der Waals surface area contributed by atoms with Gasteiger partial charge in [-0.2, -0.15) is 0 Å². The van der Waals surface area contributed by atoms with E-state index in [1.807, 2.05) is 17.0 Å². The minimum atomic E-state index is 0.106. The molecule has 1 amide bonds.